The first-order valence-electron chi connectivity index (χ1n) is 6.24. The van der Waals surface area contributed by atoms with Crippen LogP contribution in [0.5, 0.6) is 0 Å². The lowest BCUT2D eigenvalue weighted by Crippen LogP contribution is -2.32. The smallest absolute Gasteiger partial charge is 0.415 e. The van der Waals surface area contributed by atoms with Gasteiger partial charge in [0.25, 0.3) is 0 Å². The molecule has 0 saturated carbocycles. The van der Waals surface area contributed by atoms with Gasteiger partial charge in [-0.1, -0.05) is 18.2 Å². The van der Waals surface area contributed by atoms with E-state index in [1.807, 2.05) is 0 Å². The fourth-order valence-corrected chi connectivity index (χ4v) is 1.47. The molecule has 22 heavy (non-hydrogen) atoms. The number of nitrogens with zero attached hydrogens (tertiary/aromatic N) is 1. The minimum Gasteiger partial charge on any atom is -0.424 e. The number of pyridine rings is 1. The molecule has 1 radical (unpaired) electrons. The standard InChI is InChI=1S/C15H12N3O4/c16-13(12-7-4-8-17-9-12)18-15(20)22-10-21-14(19)11-5-2-1-3-6-11/h1-7,9H,10H2,(H2,16,18,20). The van der Waals surface area contributed by atoms with Gasteiger partial charge in [0.1, 0.15) is 5.84 Å². The van der Waals surface area contributed by atoms with Crippen LogP contribution in [0.4, 0.5) is 4.79 Å². The molecule has 0 aliphatic heterocycles. The van der Waals surface area contributed by atoms with Crippen LogP contribution < -0.4 is 5.32 Å². The molecule has 0 aliphatic carbocycles. The first-order chi connectivity index (χ1) is 10.7. The molecule has 2 aromatic rings. The molecule has 1 aromatic heterocycles. The molecule has 0 atom stereocenters. The molecule has 1 amide bonds. The van der Waals surface area contributed by atoms with Crippen molar-refractivity contribution in [3.05, 3.63) is 66.0 Å². The third-order valence-corrected chi connectivity index (χ3v) is 2.52. The molecular weight excluding hydrogens is 286 g/mol. The summed E-state index contributed by atoms with van der Waals surface area (Å²) in [6.07, 6.45) is 3.02. The van der Waals surface area contributed by atoms with Gasteiger partial charge in [0.15, 0.2) is 0 Å². The second-order valence-corrected chi connectivity index (χ2v) is 4.02. The van der Waals surface area contributed by atoms with Gasteiger partial charge in [0.05, 0.1) is 11.8 Å². The normalized spacial score (nSPS) is 9.64. The van der Waals surface area contributed by atoms with E-state index in [9.17, 15) is 9.59 Å². The summed E-state index contributed by atoms with van der Waals surface area (Å²) in [5.74, 6) is -0.785. The molecule has 0 bridgehead atoms. The van der Waals surface area contributed by atoms with Gasteiger partial charge in [0.2, 0.25) is 6.79 Å². The molecule has 7 heteroatoms. The van der Waals surface area contributed by atoms with E-state index in [2.05, 4.69) is 21.2 Å². The molecular formula is C15H12N3O4. The largest absolute Gasteiger partial charge is 0.424 e. The van der Waals surface area contributed by atoms with Crippen molar-refractivity contribution in [1.82, 2.24) is 10.3 Å². The average molecular weight is 298 g/mol. The molecule has 2 rings (SSSR count). The van der Waals surface area contributed by atoms with Crippen LogP contribution >= 0.6 is 0 Å². The number of amidine groups is 1. The topological polar surface area (TPSA) is 101 Å². The highest BCUT2D eigenvalue weighted by Crippen LogP contribution is 2.01. The van der Waals surface area contributed by atoms with Gasteiger partial charge in [-0.2, -0.15) is 0 Å². The Balaban J connectivity index is 1.74. The lowest BCUT2D eigenvalue weighted by atomic mass is 10.2. The number of alkyl carbamates (subject to hydrolysis) is 1. The Hall–Kier alpha value is -3.22. The van der Waals surface area contributed by atoms with Crippen molar-refractivity contribution >= 4 is 17.9 Å². The summed E-state index contributed by atoms with van der Waals surface area (Å²) in [5, 5.41) is 9.83. The lowest BCUT2D eigenvalue weighted by Gasteiger charge is -2.08. The highest BCUT2D eigenvalue weighted by atomic mass is 16.7. The molecule has 0 saturated heterocycles. The number of ether oxygens (including phenoxy) is 2. The second-order valence-electron chi connectivity index (χ2n) is 4.02. The van der Waals surface area contributed by atoms with Gasteiger partial charge in [-0.3, -0.25) is 15.7 Å². The number of nitrogens with one attached hydrogen (secondary N) is 2. The van der Waals surface area contributed by atoms with Gasteiger partial charge in [-0.05, 0) is 24.3 Å². The quantitative estimate of drug-likeness (QED) is 0.387. The molecule has 111 valence electrons. The van der Waals surface area contributed by atoms with Crippen LogP contribution in [-0.2, 0) is 9.47 Å². The zero-order valence-electron chi connectivity index (χ0n) is 11.4. The summed E-state index contributed by atoms with van der Waals surface area (Å²) in [4.78, 5) is 26.7. The number of hydrogen-bond donors (Lipinski definition) is 2. The van der Waals surface area contributed by atoms with E-state index in [1.54, 1.807) is 36.4 Å². The van der Waals surface area contributed by atoms with Crippen molar-refractivity contribution < 1.29 is 19.1 Å². The summed E-state index contributed by atoms with van der Waals surface area (Å²) < 4.78 is 9.44. The highest BCUT2D eigenvalue weighted by molar-refractivity contribution is 6.04. The Morgan fingerprint density at radius 2 is 1.91 bits per heavy atom. The monoisotopic (exact) mass is 298 g/mol. The van der Waals surface area contributed by atoms with Crippen LogP contribution in [0.25, 0.3) is 0 Å². The van der Waals surface area contributed by atoms with E-state index in [-0.39, 0.29) is 5.84 Å². The molecule has 0 fully saturated rings. The fourth-order valence-electron chi connectivity index (χ4n) is 1.47. The van der Waals surface area contributed by atoms with Gasteiger partial charge < -0.3 is 9.47 Å². The van der Waals surface area contributed by atoms with Gasteiger partial charge >= 0.3 is 12.1 Å². The Bertz CT molecular complexity index is 659. The summed E-state index contributed by atoms with van der Waals surface area (Å²) in [6, 6.07) is 11.4. The number of carbonyl (C=O) groups excluding carboxylic acids is 2. The number of aromatic nitrogens is 1. The second kappa shape index (κ2) is 7.53. The van der Waals surface area contributed by atoms with Crippen LogP contribution in [0.15, 0.2) is 48.7 Å². The summed E-state index contributed by atoms with van der Waals surface area (Å²) in [6.45, 7) is -0.548. The Labute approximate surface area is 126 Å². The van der Waals surface area contributed by atoms with Crippen molar-refractivity contribution in [3.8, 4) is 0 Å². The summed E-state index contributed by atoms with van der Waals surface area (Å²) in [5.41, 5.74) is 0.753. The maximum Gasteiger partial charge on any atom is 0.415 e. The van der Waals surface area contributed by atoms with Crippen molar-refractivity contribution in [2.45, 2.75) is 0 Å². The first-order valence-corrected chi connectivity index (χ1v) is 6.24. The maximum atomic E-state index is 11.6. The number of hydrogen-bond acceptors (Lipinski definition) is 6. The van der Waals surface area contributed by atoms with Gasteiger partial charge in [0, 0.05) is 11.8 Å². The van der Waals surface area contributed by atoms with Crippen molar-refractivity contribution in [1.29, 1.82) is 5.41 Å². The zero-order chi connectivity index (χ0) is 15.8. The van der Waals surface area contributed by atoms with E-state index in [0.29, 0.717) is 11.1 Å². The van der Waals surface area contributed by atoms with Crippen LogP contribution in [0.2, 0.25) is 0 Å². The molecule has 0 aliphatic rings. The predicted octanol–water partition coefficient (Wildman–Crippen LogP) is 1.75. The van der Waals surface area contributed by atoms with Gasteiger partial charge in [-0.15, -0.1) is 0 Å². The number of amides is 1. The van der Waals surface area contributed by atoms with E-state index in [1.165, 1.54) is 12.3 Å². The molecule has 1 heterocycles. The molecule has 0 unspecified atom stereocenters. The van der Waals surface area contributed by atoms with Crippen LogP contribution in [0.1, 0.15) is 15.9 Å². The fraction of sp³-hybridized carbons (Fsp3) is 0.0667. The Morgan fingerprint density at radius 3 is 2.59 bits per heavy atom. The predicted molar refractivity (Wildman–Crippen MR) is 76.2 cm³/mol. The minimum absolute atomic E-state index is 0.180. The highest BCUT2D eigenvalue weighted by Gasteiger charge is 2.10. The van der Waals surface area contributed by atoms with E-state index in [0.717, 1.165) is 0 Å². The summed E-state index contributed by atoms with van der Waals surface area (Å²) >= 11 is 0. The number of carbonyl (C=O) groups is 2. The van der Waals surface area contributed by atoms with E-state index in [4.69, 9.17) is 10.1 Å². The minimum atomic E-state index is -0.904. The third-order valence-electron chi connectivity index (χ3n) is 2.52. The van der Waals surface area contributed by atoms with Crippen molar-refractivity contribution in [2.75, 3.05) is 6.79 Å². The Morgan fingerprint density at radius 1 is 1.14 bits per heavy atom. The number of esters is 1. The van der Waals surface area contributed by atoms with Gasteiger partial charge in [-0.25, -0.2) is 9.59 Å². The SMILES string of the molecule is N=C(NC(=O)OCOC(=O)c1ccccc1)c1cc[c]nc1. The third kappa shape index (κ3) is 4.41. The molecule has 1 aromatic carbocycles. The van der Waals surface area contributed by atoms with Crippen LogP contribution in [0.3, 0.4) is 0 Å². The Kier molecular flexibility index (Phi) is 5.20. The number of rotatable bonds is 4. The molecule has 7 nitrogen and oxygen atoms in total. The van der Waals surface area contributed by atoms with E-state index < -0.39 is 18.9 Å². The number of benzene rings is 1. The van der Waals surface area contributed by atoms with Crippen LogP contribution in [-0.4, -0.2) is 29.7 Å². The van der Waals surface area contributed by atoms with E-state index >= 15 is 0 Å². The van der Waals surface area contributed by atoms with Crippen molar-refractivity contribution in [3.63, 3.8) is 0 Å². The van der Waals surface area contributed by atoms with Crippen LogP contribution in [0, 0.1) is 11.6 Å². The first kappa shape index (κ1) is 15.2. The molecule has 0 spiro atoms. The van der Waals surface area contributed by atoms with Crippen molar-refractivity contribution in [2.24, 2.45) is 0 Å². The summed E-state index contributed by atoms with van der Waals surface area (Å²) in [7, 11) is 0. The average Bonchev–Trinajstić information content (AvgIpc) is 2.56. The maximum absolute atomic E-state index is 11.6. The lowest BCUT2D eigenvalue weighted by molar-refractivity contribution is -0.00115. The molecule has 2 N–H and O–H groups in total. The zero-order valence-corrected chi connectivity index (χ0v) is 11.4.